The Hall–Kier alpha value is -6.39. The Morgan fingerprint density at radius 2 is 1.23 bits per heavy atom. The van der Waals surface area contributed by atoms with Gasteiger partial charge in [-0.15, -0.1) is 12.4 Å². The number of carboxylic acids is 1. The molecule has 0 bridgehead atoms. The van der Waals surface area contributed by atoms with Crippen LogP contribution in [0, 0.1) is 27.7 Å². The van der Waals surface area contributed by atoms with E-state index in [4.69, 9.17) is 64.0 Å². The molecule has 62 heavy (non-hydrogen) atoms. The number of halogens is 3. The number of carbonyl (C=O) groups is 2. The standard InChI is InChI=1S/C22H21ClN4O3.C14H15ClN2O2.C8H8N2O2.ClH/c1-12-21(13(2)30-27-12)15-7-16-8-17(29-22(16)18(23)9-15)11-26-20(28)6-4-14-3-5-19(24)25-10-14;1-7-13(8(2)19-17-7)9-3-10-4-11(6-16)18-14(10)12(15)5-9;9-7-3-1-6(5-10-7)2-4-8(11)12;/h3-7,9-10,17H,8,11H2,1-2H3,(H2,24,25)(H,26,28);3,5,11H,4,6,16H2,1-2H3;1-5H,(H2,9,10)(H,11,12);1H/b6-4+;;4-2+;. The summed E-state index contributed by atoms with van der Waals surface area (Å²) in [5.41, 5.74) is 25.7. The van der Waals surface area contributed by atoms with E-state index in [1.165, 1.54) is 18.3 Å². The fraction of sp³-hybridized carbons (Fsp3) is 0.227. The van der Waals surface area contributed by atoms with Crippen molar-refractivity contribution in [1.29, 1.82) is 0 Å². The summed E-state index contributed by atoms with van der Waals surface area (Å²) < 4.78 is 22.2. The summed E-state index contributed by atoms with van der Waals surface area (Å²) in [6.07, 6.45) is 10.0. The third kappa shape index (κ3) is 11.7. The average molecular weight is 904 g/mol. The predicted octanol–water partition coefficient (Wildman–Crippen LogP) is 7.78. The second-order valence-electron chi connectivity index (χ2n) is 14.2. The van der Waals surface area contributed by atoms with Crippen molar-refractivity contribution >= 4 is 71.3 Å². The predicted molar refractivity (Wildman–Crippen MR) is 241 cm³/mol. The first-order valence-electron chi connectivity index (χ1n) is 19.0. The SMILES string of the molecule is Cc1noc(C)c1-c1cc(Cl)c2c(c1)CC(CN)O2.Cc1noc(C)c1-c1cc(Cl)c2c(c1)CC(CNC(=O)/C=C/c1ccc(N)nc1)O2.Cl.Nc1ccc(/C=C/C(=O)O)cn1. The number of fused-ring (bicyclic) bond motifs is 2. The van der Waals surface area contributed by atoms with E-state index >= 15 is 0 Å². The van der Waals surface area contributed by atoms with Gasteiger partial charge in [-0.25, -0.2) is 14.8 Å². The van der Waals surface area contributed by atoms with Crippen molar-refractivity contribution in [2.24, 2.45) is 5.73 Å². The summed E-state index contributed by atoms with van der Waals surface area (Å²) in [5, 5.41) is 20.3. The van der Waals surface area contributed by atoms with E-state index in [2.05, 4.69) is 31.7 Å². The van der Waals surface area contributed by atoms with Crippen LogP contribution in [0.2, 0.25) is 10.0 Å². The summed E-state index contributed by atoms with van der Waals surface area (Å²) in [5.74, 6) is 2.62. The smallest absolute Gasteiger partial charge is 0.328 e. The molecule has 2 aliphatic rings. The molecule has 2 aliphatic heterocycles. The van der Waals surface area contributed by atoms with Gasteiger partial charge in [0.25, 0.3) is 0 Å². The molecule has 0 fully saturated rings. The van der Waals surface area contributed by atoms with Gasteiger partial charge in [0.15, 0.2) is 0 Å². The van der Waals surface area contributed by atoms with Crippen LogP contribution in [0.4, 0.5) is 11.6 Å². The van der Waals surface area contributed by atoms with E-state index in [9.17, 15) is 9.59 Å². The number of ether oxygens (including phenoxy) is 2. The van der Waals surface area contributed by atoms with Gasteiger partial charge < -0.3 is 46.1 Å². The number of hydrogen-bond donors (Lipinski definition) is 5. The molecule has 6 heterocycles. The maximum absolute atomic E-state index is 12.1. The lowest BCUT2D eigenvalue weighted by Gasteiger charge is -2.11. The van der Waals surface area contributed by atoms with Crippen LogP contribution in [0.3, 0.4) is 0 Å². The molecule has 4 aromatic heterocycles. The van der Waals surface area contributed by atoms with Crippen LogP contribution in [-0.2, 0) is 22.4 Å². The number of hydrogen-bond acceptors (Lipinski definition) is 13. The summed E-state index contributed by atoms with van der Waals surface area (Å²) >= 11 is 12.8. The number of rotatable bonds is 9. The Morgan fingerprint density at radius 1 is 0.758 bits per heavy atom. The lowest BCUT2D eigenvalue weighted by Crippen LogP contribution is -2.33. The number of pyridine rings is 2. The molecule has 2 unspecified atom stereocenters. The van der Waals surface area contributed by atoms with E-state index in [1.54, 1.807) is 36.5 Å². The number of amides is 1. The van der Waals surface area contributed by atoms with Crippen LogP contribution >= 0.6 is 35.6 Å². The normalized spacial score (nSPS) is 14.7. The van der Waals surface area contributed by atoms with E-state index in [1.807, 2.05) is 45.9 Å². The molecule has 324 valence electrons. The van der Waals surface area contributed by atoms with Gasteiger partial charge >= 0.3 is 5.97 Å². The second kappa shape index (κ2) is 20.9. The van der Waals surface area contributed by atoms with Gasteiger partial charge in [0, 0.05) is 66.2 Å². The van der Waals surface area contributed by atoms with Crippen molar-refractivity contribution in [3.05, 3.63) is 128 Å². The van der Waals surface area contributed by atoms with Crippen LogP contribution in [0.1, 0.15) is 45.2 Å². The van der Waals surface area contributed by atoms with Gasteiger partial charge in [0.2, 0.25) is 5.91 Å². The van der Waals surface area contributed by atoms with Crippen LogP contribution in [-0.4, -0.2) is 62.6 Å². The third-order valence-electron chi connectivity index (χ3n) is 9.58. The highest BCUT2D eigenvalue weighted by atomic mass is 35.5. The number of carbonyl (C=O) groups excluding carboxylic acids is 1. The minimum atomic E-state index is -0.980. The molecule has 2 aromatic carbocycles. The van der Waals surface area contributed by atoms with Crippen molar-refractivity contribution in [2.45, 2.75) is 52.7 Å². The number of nitrogen functional groups attached to an aromatic ring is 2. The Labute approximate surface area is 373 Å². The topological polar surface area (TPSA) is 241 Å². The summed E-state index contributed by atoms with van der Waals surface area (Å²) in [6, 6.07) is 14.7. The number of nitrogens with two attached hydrogens (primary N) is 3. The number of benzene rings is 2. The molecule has 0 spiro atoms. The number of aliphatic carboxylic acids is 1. The highest BCUT2D eigenvalue weighted by molar-refractivity contribution is 6.33. The largest absolute Gasteiger partial charge is 0.487 e. The molecular weight excluding hydrogens is 859 g/mol. The van der Waals surface area contributed by atoms with E-state index in [-0.39, 0.29) is 30.5 Å². The summed E-state index contributed by atoms with van der Waals surface area (Å²) in [6.45, 7) is 8.46. The molecule has 0 saturated carbocycles. The molecule has 8 N–H and O–H groups in total. The van der Waals surface area contributed by atoms with Crippen LogP contribution in [0.15, 0.2) is 82.1 Å². The minimum Gasteiger partial charge on any atom is -0.487 e. The minimum absolute atomic E-state index is 0. The summed E-state index contributed by atoms with van der Waals surface area (Å²) in [7, 11) is 0. The number of aryl methyl sites for hydroxylation is 4. The molecule has 8 rings (SSSR count). The van der Waals surface area contributed by atoms with Gasteiger partial charge in [-0.1, -0.05) is 33.5 Å². The monoisotopic (exact) mass is 902 g/mol. The molecule has 18 heteroatoms. The van der Waals surface area contributed by atoms with E-state index in [0.29, 0.717) is 52.5 Å². The van der Waals surface area contributed by atoms with Crippen molar-refractivity contribution in [3.63, 3.8) is 0 Å². The Bertz CT molecular complexity index is 2550. The van der Waals surface area contributed by atoms with Crippen molar-refractivity contribution in [1.82, 2.24) is 25.6 Å². The molecule has 0 saturated heterocycles. The summed E-state index contributed by atoms with van der Waals surface area (Å²) in [4.78, 5) is 30.0. The van der Waals surface area contributed by atoms with E-state index < -0.39 is 5.97 Å². The van der Waals surface area contributed by atoms with Crippen LogP contribution in [0.5, 0.6) is 11.5 Å². The van der Waals surface area contributed by atoms with Gasteiger partial charge in [-0.3, -0.25) is 4.79 Å². The first-order chi connectivity index (χ1) is 29.2. The fourth-order valence-electron chi connectivity index (χ4n) is 6.74. The Morgan fingerprint density at radius 3 is 1.65 bits per heavy atom. The molecule has 0 radical (unpaired) electrons. The first-order valence-corrected chi connectivity index (χ1v) is 19.8. The highest BCUT2D eigenvalue weighted by Gasteiger charge is 2.28. The van der Waals surface area contributed by atoms with Crippen molar-refractivity contribution in [3.8, 4) is 33.8 Å². The van der Waals surface area contributed by atoms with E-state index in [0.717, 1.165) is 80.1 Å². The number of anilines is 2. The van der Waals surface area contributed by atoms with Gasteiger partial charge in [0.05, 0.1) is 28.0 Å². The van der Waals surface area contributed by atoms with Crippen LogP contribution in [0.25, 0.3) is 34.4 Å². The maximum Gasteiger partial charge on any atom is 0.328 e. The number of aromatic nitrogens is 4. The molecule has 1 amide bonds. The number of nitrogens with zero attached hydrogens (tertiary/aromatic N) is 4. The lowest BCUT2D eigenvalue weighted by molar-refractivity contribution is -0.131. The number of nitrogens with one attached hydrogen (secondary N) is 1. The fourth-order valence-corrected chi connectivity index (χ4v) is 7.31. The molecule has 15 nitrogen and oxygen atoms in total. The second-order valence-corrected chi connectivity index (χ2v) is 15.0. The van der Waals surface area contributed by atoms with Gasteiger partial charge in [0.1, 0.15) is 46.9 Å². The highest BCUT2D eigenvalue weighted by Crippen LogP contribution is 2.42. The van der Waals surface area contributed by atoms with Crippen molar-refractivity contribution < 1.29 is 33.2 Å². The van der Waals surface area contributed by atoms with Crippen LogP contribution < -0.4 is 32.0 Å². The first kappa shape index (κ1) is 46.7. The average Bonchev–Trinajstić information content (AvgIpc) is 4.02. The quantitative estimate of drug-likeness (QED) is 0.0871. The zero-order valence-electron chi connectivity index (χ0n) is 34.1. The van der Waals surface area contributed by atoms with Gasteiger partial charge in [-0.2, -0.15) is 0 Å². The van der Waals surface area contributed by atoms with Crippen molar-refractivity contribution in [2.75, 3.05) is 24.6 Å². The van der Waals surface area contributed by atoms with Gasteiger partial charge in [-0.05, 0) is 111 Å². The Balaban J connectivity index is 0.000000194. The maximum atomic E-state index is 12.1. The molecule has 6 aromatic rings. The zero-order chi connectivity index (χ0) is 43.8. The number of carboxylic acid groups (broad SMARTS) is 1. The Kier molecular flexibility index (Phi) is 15.8. The third-order valence-corrected chi connectivity index (χ3v) is 10.1. The molecular formula is C44H45Cl3N8O7. The molecule has 0 aliphatic carbocycles. The molecule has 2 atom stereocenters. The zero-order valence-corrected chi connectivity index (χ0v) is 36.5. The lowest BCUT2D eigenvalue weighted by atomic mass is 10.00.